The van der Waals surface area contributed by atoms with Crippen molar-refractivity contribution in [3.05, 3.63) is 47.8 Å². The highest BCUT2D eigenvalue weighted by Crippen LogP contribution is 2.11. The molecule has 0 aliphatic rings. The van der Waals surface area contributed by atoms with Crippen molar-refractivity contribution in [2.45, 2.75) is 11.4 Å². The van der Waals surface area contributed by atoms with E-state index in [1.165, 1.54) is 12.1 Å². The topological polar surface area (TPSA) is 101 Å². The Morgan fingerprint density at radius 3 is 2.95 bits per heavy atom. The van der Waals surface area contributed by atoms with Gasteiger partial charge in [0.2, 0.25) is 10.0 Å². The number of rotatable bonds is 4. The fourth-order valence-corrected chi connectivity index (χ4v) is 2.59. The maximum Gasteiger partial charge on any atom is 0.240 e. The molecule has 4 N–H and O–H groups in total. The lowest BCUT2D eigenvalue weighted by Crippen LogP contribution is -2.23. The lowest BCUT2D eigenvalue weighted by atomic mass is 10.2. The minimum absolute atomic E-state index is 0.171. The van der Waals surface area contributed by atoms with Gasteiger partial charge in [0, 0.05) is 23.9 Å². The maximum atomic E-state index is 12.1. The molecule has 0 saturated carbocycles. The number of aromatic nitrogens is 2. The van der Waals surface area contributed by atoms with Crippen molar-refractivity contribution >= 4 is 10.0 Å². The summed E-state index contributed by atoms with van der Waals surface area (Å²) in [6.07, 6.45) is 3.19. The molecule has 0 aliphatic heterocycles. The molecule has 6 nitrogen and oxygen atoms in total. The normalized spacial score (nSPS) is 10.8. The summed E-state index contributed by atoms with van der Waals surface area (Å²) in [5, 5.41) is 6.38. The van der Waals surface area contributed by atoms with Crippen molar-refractivity contribution in [3.63, 3.8) is 0 Å². The highest BCUT2D eigenvalue weighted by atomic mass is 32.2. The molecule has 0 saturated heterocycles. The third-order valence-corrected chi connectivity index (χ3v) is 3.90. The molecule has 104 valence electrons. The Morgan fingerprint density at radius 2 is 2.25 bits per heavy atom. The molecule has 0 spiro atoms. The first-order valence-electron chi connectivity index (χ1n) is 5.88. The molecule has 2 rings (SSSR count). The van der Waals surface area contributed by atoms with Gasteiger partial charge in [-0.1, -0.05) is 17.9 Å². The van der Waals surface area contributed by atoms with Crippen LogP contribution in [0.2, 0.25) is 0 Å². The van der Waals surface area contributed by atoms with Gasteiger partial charge in [-0.2, -0.15) is 5.10 Å². The quantitative estimate of drug-likeness (QED) is 0.700. The lowest BCUT2D eigenvalue weighted by Gasteiger charge is -2.05. The second-order valence-electron chi connectivity index (χ2n) is 3.96. The first kappa shape index (κ1) is 14.3. The Balaban J connectivity index is 2.16. The molecule has 0 atom stereocenters. The van der Waals surface area contributed by atoms with Crippen LogP contribution < -0.4 is 10.5 Å². The number of hydrogen-bond acceptors (Lipinski definition) is 4. The monoisotopic (exact) mass is 290 g/mol. The van der Waals surface area contributed by atoms with Gasteiger partial charge in [0.15, 0.2) is 0 Å². The number of nitrogens with two attached hydrogens (primary N) is 1. The molecule has 20 heavy (non-hydrogen) atoms. The van der Waals surface area contributed by atoms with E-state index in [-0.39, 0.29) is 18.0 Å². The highest BCUT2D eigenvalue weighted by Gasteiger charge is 2.13. The summed E-state index contributed by atoms with van der Waals surface area (Å²) in [4.78, 5) is 0.171. The molecule has 1 aromatic heterocycles. The molecule has 0 unspecified atom stereocenters. The Morgan fingerprint density at radius 1 is 1.40 bits per heavy atom. The van der Waals surface area contributed by atoms with Gasteiger partial charge in [0.25, 0.3) is 0 Å². The van der Waals surface area contributed by atoms with Crippen LogP contribution in [0, 0.1) is 11.8 Å². The summed E-state index contributed by atoms with van der Waals surface area (Å²) in [5.74, 6) is 5.49. The fourth-order valence-electron chi connectivity index (χ4n) is 1.53. The highest BCUT2D eigenvalue weighted by molar-refractivity contribution is 7.89. The second kappa shape index (κ2) is 6.34. The van der Waals surface area contributed by atoms with Crippen molar-refractivity contribution in [2.75, 3.05) is 6.54 Å². The first-order valence-corrected chi connectivity index (χ1v) is 7.36. The van der Waals surface area contributed by atoms with E-state index in [0.29, 0.717) is 5.56 Å². The predicted octanol–water partition coefficient (Wildman–Crippen LogP) is 0.198. The van der Waals surface area contributed by atoms with Crippen LogP contribution >= 0.6 is 0 Å². The molecular weight excluding hydrogens is 276 g/mol. The van der Waals surface area contributed by atoms with Crippen molar-refractivity contribution in [1.82, 2.24) is 14.9 Å². The summed E-state index contributed by atoms with van der Waals surface area (Å²) < 4.78 is 26.8. The van der Waals surface area contributed by atoms with Gasteiger partial charge in [-0.3, -0.25) is 5.10 Å². The fraction of sp³-hybridized carbons (Fsp3) is 0.154. The van der Waals surface area contributed by atoms with Crippen molar-refractivity contribution in [3.8, 4) is 11.8 Å². The number of H-pyrrole nitrogens is 1. The van der Waals surface area contributed by atoms with Crippen LogP contribution in [-0.4, -0.2) is 25.2 Å². The van der Waals surface area contributed by atoms with Gasteiger partial charge in [-0.25, -0.2) is 13.1 Å². The van der Waals surface area contributed by atoms with E-state index in [1.807, 2.05) is 0 Å². The molecule has 0 radical (unpaired) electrons. The molecule has 0 aliphatic carbocycles. The number of sulfonamides is 1. The number of aromatic amines is 1. The van der Waals surface area contributed by atoms with E-state index in [0.717, 1.165) is 5.56 Å². The number of nitrogens with zero attached hydrogens (tertiary/aromatic N) is 1. The zero-order valence-corrected chi connectivity index (χ0v) is 11.4. The van der Waals surface area contributed by atoms with E-state index in [2.05, 4.69) is 26.8 Å². The van der Waals surface area contributed by atoms with Crippen LogP contribution in [0.25, 0.3) is 0 Å². The molecule has 7 heteroatoms. The molecule has 1 aromatic carbocycles. The van der Waals surface area contributed by atoms with E-state index >= 15 is 0 Å². The molecule has 0 amide bonds. The number of nitrogens with one attached hydrogen (secondary N) is 2. The average molecular weight is 290 g/mol. The summed E-state index contributed by atoms with van der Waals surface area (Å²) in [6, 6.07) is 6.41. The van der Waals surface area contributed by atoms with Crippen LogP contribution in [0.3, 0.4) is 0 Å². The van der Waals surface area contributed by atoms with Gasteiger partial charge in [-0.15, -0.1) is 0 Å². The summed E-state index contributed by atoms with van der Waals surface area (Å²) in [6.45, 7) is 0.410. The summed E-state index contributed by atoms with van der Waals surface area (Å²) in [5.41, 5.74) is 6.66. The number of benzene rings is 1. The van der Waals surface area contributed by atoms with E-state index in [4.69, 9.17) is 5.73 Å². The average Bonchev–Trinajstić information content (AvgIpc) is 2.97. The Labute approximate surface area is 117 Å². The largest absolute Gasteiger partial charge is 0.320 e. The van der Waals surface area contributed by atoms with Crippen LogP contribution in [0.4, 0.5) is 0 Å². The van der Waals surface area contributed by atoms with Crippen molar-refractivity contribution in [2.24, 2.45) is 5.73 Å². The smallest absolute Gasteiger partial charge is 0.240 e. The lowest BCUT2D eigenvalue weighted by molar-refractivity contribution is 0.581. The van der Waals surface area contributed by atoms with Crippen molar-refractivity contribution < 1.29 is 8.42 Å². The van der Waals surface area contributed by atoms with Crippen molar-refractivity contribution in [1.29, 1.82) is 0 Å². The summed E-state index contributed by atoms with van der Waals surface area (Å²) in [7, 11) is -3.57. The zero-order valence-electron chi connectivity index (χ0n) is 10.6. The molecule has 1 heterocycles. The van der Waals surface area contributed by atoms with Crippen LogP contribution in [-0.2, 0) is 16.6 Å². The summed E-state index contributed by atoms with van der Waals surface area (Å²) >= 11 is 0. The van der Waals surface area contributed by atoms with E-state index in [9.17, 15) is 8.42 Å². The predicted molar refractivity (Wildman–Crippen MR) is 75.0 cm³/mol. The molecule has 0 bridgehead atoms. The minimum Gasteiger partial charge on any atom is -0.320 e. The molecular formula is C13H14N4O2S. The first-order chi connectivity index (χ1) is 9.62. The molecule has 2 aromatic rings. The number of hydrogen-bond donors (Lipinski definition) is 3. The third-order valence-electron chi connectivity index (χ3n) is 2.50. The van der Waals surface area contributed by atoms with Gasteiger partial charge in [-0.05, 0) is 18.2 Å². The van der Waals surface area contributed by atoms with Crippen LogP contribution in [0.5, 0.6) is 0 Å². The van der Waals surface area contributed by atoms with Gasteiger partial charge in [0.05, 0.1) is 17.6 Å². The SMILES string of the molecule is NCC#Cc1cccc(S(=O)(=O)NCc2cn[nH]c2)c1. The maximum absolute atomic E-state index is 12.1. The Kier molecular flexibility index (Phi) is 4.53. The van der Waals surface area contributed by atoms with Crippen LogP contribution in [0.1, 0.15) is 11.1 Å². The standard InChI is InChI=1S/C13H14N4O2S/c14-6-2-4-11-3-1-5-13(7-11)20(18,19)17-10-12-8-15-16-9-12/h1,3,5,7-9,17H,6,10,14H2,(H,15,16). The Hall–Kier alpha value is -2.14. The second-order valence-corrected chi connectivity index (χ2v) is 5.73. The third kappa shape index (κ3) is 3.68. The Bertz CT molecular complexity index is 727. The van der Waals surface area contributed by atoms with Gasteiger partial charge < -0.3 is 5.73 Å². The van der Waals surface area contributed by atoms with E-state index < -0.39 is 10.0 Å². The van der Waals surface area contributed by atoms with E-state index in [1.54, 1.807) is 24.5 Å². The molecule has 0 fully saturated rings. The zero-order chi connectivity index (χ0) is 14.4. The van der Waals surface area contributed by atoms with Gasteiger partial charge in [0.1, 0.15) is 0 Å². The minimum atomic E-state index is -3.57. The van der Waals surface area contributed by atoms with Crippen LogP contribution in [0.15, 0.2) is 41.6 Å². The van der Waals surface area contributed by atoms with Gasteiger partial charge >= 0.3 is 0 Å².